The number of nitrogens with zero attached hydrogens (tertiary/aromatic N) is 2. The maximum absolute atomic E-state index is 13.2. The Labute approximate surface area is 123 Å². The van der Waals surface area contributed by atoms with Crippen LogP contribution in [-0.2, 0) is 0 Å². The third-order valence-corrected chi connectivity index (χ3v) is 2.93. The molecule has 6 nitrogen and oxygen atoms in total. The van der Waals surface area contributed by atoms with Crippen molar-refractivity contribution >= 4 is 28.9 Å². The Morgan fingerprint density at radius 2 is 2.14 bits per heavy atom. The van der Waals surface area contributed by atoms with Crippen LogP contribution in [0, 0.1) is 22.9 Å². The van der Waals surface area contributed by atoms with Crippen LogP contribution in [0.5, 0.6) is 0 Å². The minimum Gasteiger partial charge on any atom is -0.319 e. The Kier molecular flexibility index (Phi) is 4.13. The number of aryl methyl sites for hydroxylation is 1. The highest BCUT2D eigenvalue weighted by atomic mass is 35.5. The Balaban J connectivity index is 2.39. The van der Waals surface area contributed by atoms with E-state index in [-0.39, 0.29) is 10.8 Å². The Morgan fingerprint density at radius 1 is 1.43 bits per heavy atom. The van der Waals surface area contributed by atoms with Crippen molar-refractivity contribution in [3.8, 4) is 0 Å². The quantitative estimate of drug-likeness (QED) is 0.535. The van der Waals surface area contributed by atoms with Crippen LogP contribution in [0.2, 0.25) is 5.15 Å². The molecule has 0 aliphatic heterocycles. The van der Waals surface area contributed by atoms with E-state index in [0.717, 1.165) is 23.8 Å². The second-order valence-corrected chi connectivity index (χ2v) is 4.58. The van der Waals surface area contributed by atoms with E-state index in [1.807, 2.05) is 0 Å². The molecule has 0 spiro atoms. The van der Waals surface area contributed by atoms with E-state index in [9.17, 15) is 19.3 Å². The lowest BCUT2D eigenvalue weighted by Gasteiger charge is -2.08. The van der Waals surface area contributed by atoms with E-state index in [1.54, 1.807) is 13.0 Å². The third kappa shape index (κ3) is 3.32. The number of hydrogen-bond acceptors (Lipinski definition) is 4. The lowest BCUT2D eigenvalue weighted by molar-refractivity contribution is -0.385. The number of carbonyl (C=O) groups excluding carboxylic acids is 1. The molecule has 1 aromatic heterocycles. The highest BCUT2D eigenvalue weighted by molar-refractivity contribution is 6.32. The normalized spacial score (nSPS) is 10.2. The zero-order chi connectivity index (χ0) is 15.6. The zero-order valence-electron chi connectivity index (χ0n) is 10.8. The zero-order valence-corrected chi connectivity index (χ0v) is 11.5. The number of rotatable bonds is 3. The van der Waals surface area contributed by atoms with Gasteiger partial charge in [0.15, 0.2) is 5.15 Å². The summed E-state index contributed by atoms with van der Waals surface area (Å²) in [5.74, 6) is -1.59. The SMILES string of the molecule is Cc1cnc(Cl)c(NC(=O)c2cc(F)ccc2[N+](=O)[O-])c1. The molecule has 2 aromatic rings. The van der Waals surface area contributed by atoms with Crippen LogP contribution in [0.1, 0.15) is 15.9 Å². The molecule has 0 bridgehead atoms. The van der Waals surface area contributed by atoms with Crippen LogP contribution >= 0.6 is 11.6 Å². The number of nitro groups is 1. The predicted molar refractivity (Wildman–Crippen MR) is 75.0 cm³/mol. The summed E-state index contributed by atoms with van der Waals surface area (Å²) in [6.07, 6.45) is 1.50. The van der Waals surface area contributed by atoms with E-state index >= 15 is 0 Å². The minimum atomic E-state index is -0.838. The van der Waals surface area contributed by atoms with E-state index in [1.165, 1.54) is 6.20 Å². The molecular formula is C13H9ClFN3O3. The number of anilines is 1. The molecule has 0 atom stereocenters. The van der Waals surface area contributed by atoms with E-state index in [2.05, 4.69) is 10.3 Å². The number of aromatic nitrogens is 1. The lowest BCUT2D eigenvalue weighted by Crippen LogP contribution is -2.15. The van der Waals surface area contributed by atoms with E-state index < -0.39 is 27.9 Å². The maximum atomic E-state index is 13.2. The van der Waals surface area contributed by atoms with Gasteiger partial charge >= 0.3 is 0 Å². The summed E-state index contributed by atoms with van der Waals surface area (Å²) < 4.78 is 13.2. The fourth-order valence-electron chi connectivity index (χ4n) is 1.68. The summed E-state index contributed by atoms with van der Waals surface area (Å²) in [7, 11) is 0. The van der Waals surface area contributed by atoms with Crippen molar-refractivity contribution in [2.75, 3.05) is 5.32 Å². The number of nitrogens with one attached hydrogen (secondary N) is 1. The van der Waals surface area contributed by atoms with Gasteiger partial charge in [0.2, 0.25) is 0 Å². The topological polar surface area (TPSA) is 85.1 Å². The molecule has 0 aliphatic rings. The van der Waals surface area contributed by atoms with Crippen LogP contribution in [0.4, 0.5) is 15.8 Å². The summed E-state index contributed by atoms with van der Waals surface area (Å²) in [6.45, 7) is 1.74. The van der Waals surface area contributed by atoms with Gasteiger partial charge in [-0.25, -0.2) is 9.37 Å². The first kappa shape index (κ1) is 14.9. The second-order valence-electron chi connectivity index (χ2n) is 4.22. The average Bonchev–Trinajstić information content (AvgIpc) is 2.42. The molecule has 1 amide bonds. The summed E-state index contributed by atoms with van der Waals surface area (Å²) >= 11 is 5.83. The van der Waals surface area contributed by atoms with Crippen molar-refractivity contribution in [1.29, 1.82) is 0 Å². The summed E-state index contributed by atoms with van der Waals surface area (Å²) in [4.78, 5) is 26.0. The molecule has 21 heavy (non-hydrogen) atoms. The van der Waals surface area contributed by atoms with Gasteiger partial charge in [-0.05, 0) is 30.7 Å². The molecule has 2 rings (SSSR count). The first-order valence-electron chi connectivity index (χ1n) is 5.76. The van der Waals surface area contributed by atoms with Crippen LogP contribution in [-0.4, -0.2) is 15.8 Å². The van der Waals surface area contributed by atoms with E-state index in [0.29, 0.717) is 0 Å². The van der Waals surface area contributed by atoms with Crippen molar-refractivity contribution in [3.63, 3.8) is 0 Å². The Bertz CT molecular complexity index is 737. The molecule has 8 heteroatoms. The fourth-order valence-corrected chi connectivity index (χ4v) is 1.83. The molecule has 0 unspecified atom stereocenters. The number of nitro benzene ring substituents is 1. The number of benzene rings is 1. The predicted octanol–water partition coefficient (Wildman–Crippen LogP) is 3.34. The average molecular weight is 310 g/mol. The van der Waals surface area contributed by atoms with Gasteiger partial charge in [-0.3, -0.25) is 14.9 Å². The number of pyridine rings is 1. The van der Waals surface area contributed by atoms with E-state index in [4.69, 9.17) is 11.6 Å². The van der Waals surface area contributed by atoms with Gasteiger partial charge in [0.25, 0.3) is 11.6 Å². The van der Waals surface area contributed by atoms with Gasteiger partial charge in [0.1, 0.15) is 11.4 Å². The molecule has 0 fully saturated rings. The molecule has 0 saturated carbocycles. The van der Waals surface area contributed by atoms with Crippen molar-refractivity contribution in [1.82, 2.24) is 4.98 Å². The van der Waals surface area contributed by atoms with Crippen LogP contribution in [0.15, 0.2) is 30.5 Å². The van der Waals surface area contributed by atoms with Crippen molar-refractivity contribution in [2.45, 2.75) is 6.92 Å². The van der Waals surface area contributed by atoms with Gasteiger partial charge in [-0.2, -0.15) is 0 Å². The molecule has 1 aromatic carbocycles. The lowest BCUT2D eigenvalue weighted by atomic mass is 10.1. The highest BCUT2D eigenvalue weighted by Crippen LogP contribution is 2.24. The smallest absolute Gasteiger partial charge is 0.282 e. The van der Waals surface area contributed by atoms with Crippen LogP contribution in [0.25, 0.3) is 0 Å². The standard InChI is InChI=1S/C13H9ClFN3O3/c1-7-4-10(12(14)16-6-7)17-13(19)9-5-8(15)2-3-11(9)18(20)21/h2-6H,1H3,(H,17,19). The number of amides is 1. The Morgan fingerprint density at radius 3 is 2.81 bits per heavy atom. The fraction of sp³-hybridized carbons (Fsp3) is 0.0769. The first-order valence-corrected chi connectivity index (χ1v) is 6.13. The van der Waals surface area contributed by atoms with Crippen molar-refractivity contribution < 1.29 is 14.1 Å². The molecular weight excluding hydrogens is 301 g/mol. The maximum Gasteiger partial charge on any atom is 0.282 e. The van der Waals surface area contributed by atoms with Gasteiger partial charge in [0, 0.05) is 12.3 Å². The number of halogens is 2. The van der Waals surface area contributed by atoms with Crippen LogP contribution in [0.3, 0.4) is 0 Å². The summed E-state index contributed by atoms with van der Waals surface area (Å²) in [6, 6.07) is 4.19. The first-order chi connectivity index (χ1) is 9.88. The highest BCUT2D eigenvalue weighted by Gasteiger charge is 2.21. The Hall–Kier alpha value is -2.54. The number of hydrogen-bond donors (Lipinski definition) is 1. The monoisotopic (exact) mass is 309 g/mol. The molecule has 0 aliphatic carbocycles. The largest absolute Gasteiger partial charge is 0.319 e. The molecule has 1 heterocycles. The van der Waals surface area contributed by atoms with Crippen molar-refractivity contribution in [2.24, 2.45) is 0 Å². The van der Waals surface area contributed by atoms with Gasteiger partial charge in [-0.1, -0.05) is 11.6 Å². The van der Waals surface area contributed by atoms with Crippen molar-refractivity contribution in [3.05, 3.63) is 62.7 Å². The van der Waals surface area contributed by atoms with Gasteiger partial charge in [0.05, 0.1) is 10.6 Å². The molecule has 1 N–H and O–H groups in total. The minimum absolute atomic E-state index is 0.0352. The third-order valence-electron chi connectivity index (χ3n) is 2.62. The number of carbonyl (C=O) groups is 1. The summed E-state index contributed by atoms with van der Waals surface area (Å²) in [5, 5.41) is 13.3. The molecule has 0 radical (unpaired) electrons. The van der Waals surface area contributed by atoms with Crippen LogP contribution < -0.4 is 5.32 Å². The molecule has 0 saturated heterocycles. The second kappa shape index (κ2) is 5.84. The van der Waals surface area contributed by atoms with Gasteiger partial charge in [-0.15, -0.1) is 0 Å². The molecule has 108 valence electrons. The summed E-state index contributed by atoms with van der Waals surface area (Å²) in [5.41, 5.74) is 0.0480. The van der Waals surface area contributed by atoms with Gasteiger partial charge < -0.3 is 5.32 Å².